The van der Waals surface area contributed by atoms with Crippen molar-refractivity contribution in [1.82, 2.24) is 25.4 Å². The quantitative estimate of drug-likeness (QED) is 0.247. The van der Waals surface area contributed by atoms with Crippen LogP contribution < -0.4 is 16.2 Å². The van der Waals surface area contributed by atoms with Gasteiger partial charge in [0.25, 0.3) is 0 Å². The maximum Gasteiger partial charge on any atom is 0.243 e. The third kappa shape index (κ3) is 6.30. The molecule has 10 nitrogen and oxygen atoms in total. The summed E-state index contributed by atoms with van der Waals surface area (Å²) in [5.41, 5.74) is 4.85. The SMILES string of the molecule is Cc1nc(NNC(=O)[C@@H](CC2CCCC2)CN(O)C=O)c(F)c(Nc2ccc(F)cn2)n1. The monoisotopic (exact) mass is 449 g/mol. The van der Waals surface area contributed by atoms with Crippen LogP contribution in [-0.2, 0) is 9.59 Å². The molecule has 2 aromatic heterocycles. The Morgan fingerprint density at radius 2 is 2.00 bits per heavy atom. The summed E-state index contributed by atoms with van der Waals surface area (Å²) in [6.07, 6.45) is 5.83. The first-order valence-corrected chi connectivity index (χ1v) is 10.2. The molecule has 1 aliphatic carbocycles. The molecule has 0 spiro atoms. The van der Waals surface area contributed by atoms with Crippen molar-refractivity contribution in [2.75, 3.05) is 17.3 Å². The smallest absolute Gasteiger partial charge is 0.243 e. The normalized spacial score (nSPS) is 14.6. The number of aryl methyl sites for hydroxylation is 1. The fourth-order valence-corrected chi connectivity index (χ4v) is 3.70. The summed E-state index contributed by atoms with van der Waals surface area (Å²) in [7, 11) is 0. The zero-order valence-corrected chi connectivity index (χ0v) is 17.5. The number of pyridine rings is 1. The summed E-state index contributed by atoms with van der Waals surface area (Å²) >= 11 is 0. The highest BCUT2D eigenvalue weighted by molar-refractivity contribution is 5.80. The Bertz CT molecular complexity index is 940. The first-order chi connectivity index (χ1) is 15.4. The lowest BCUT2D eigenvalue weighted by molar-refractivity contribution is -0.154. The molecule has 2 aromatic rings. The van der Waals surface area contributed by atoms with E-state index < -0.39 is 23.5 Å². The lowest BCUT2D eigenvalue weighted by atomic mass is 9.92. The first-order valence-electron chi connectivity index (χ1n) is 10.2. The van der Waals surface area contributed by atoms with Crippen LogP contribution in [0.4, 0.5) is 26.2 Å². The average molecular weight is 449 g/mol. The van der Waals surface area contributed by atoms with E-state index in [4.69, 9.17) is 0 Å². The molecule has 0 radical (unpaired) electrons. The average Bonchev–Trinajstić information content (AvgIpc) is 3.29. The number of carbonyl (C=O) groups excluding carboxylic acids is 2. The molecule has 12 heteroatoms. The number of rotatable bonds is 10. The number of aromatic nitrogens is 3. The van der Waals surface area contributed by atoms with Gasteiger partial charge in [0.15, 0.2) is 11.6 Å². The minimum Gasteiger partial charge on any atom is -0.322 e. The Balaban J connectivity index is 1.69. The van der Waals surface area contributed by atoms with Crippen LogP contribution in [0.3, 0.4) is 0 Å². The van der Waals surface area contributed by atoms with E-state index in [0.717, 1.165) is 37.9 Å². The van der Waals surface area contributed by atoms with Gasteiger partial charge in [-0.25, -0.2) is 24.4 Å². The van der Waals surface area contributed by atoms with Crippen molar-refractivity contribution in [2.24, 2.45) is 11.8 Å². The van der Waals surface area contributed by atoms with Crippen molar-refractivity contribution >= 4 is 29.8 Å². The van der Waals surface area contributed by atoms with Crippen LogP contribution >= 0.6 is 0 Å². The molecule has 1 aliphatic rings. The van der Waals surface area contributed by atoms with E-state index in [2.05, 4.69) is 31.1 Å². The molecule has 0 saturated heterocycles. The van der Waals surface area contributed by atoms with Gasteiger partial charge in [0, 0.05) is 0 Å². The zero-order chi connectivity index (χ0) is 23.1. The van der Waals surface area contributed by atoms with Gasteiger partial charge in [-0.15, -0.1) is 0 Å². The molecule has 0 unspecified atom stereocenters. The number of nitrogens with zero attached hydrogens (tertiary/aromatic N) is 4. The van der Waals surface area contributed by atoms with Crippen LogP contribution in [-0.4, -0.2) is 44.1 Å². The third-order valence-electron chi connectivity index (χ3n) is 5.23. The Morgan fingerprint density at radius 3 is 2.66 bits per heavy atom. The molecule has 2 amide bonds. The predicted octanol–water partition coefficient (Wildman–Crippen LogP) is 2.69. The molecule has 4 N–H and O–H groups in total. The molecule has 0 aromatic carbocycles. The Morgan fingerprint density at radius 1 is 1.28 bits per heavy atom. The molecule has 1 fully saturated rings. The number of carbonyl (C=O) groups is 2. The molecule has 2 heterocycles. The number of nitrogens with one attached hydrogen (secondary N) is 3. The third-order valence-corrected chi connectivity index (χ3v) is 5.23. The molecule has 0 bridgehead atoms. The number of amides is 2. The van der Waals surface area contributed by atoms with Crippen molar-refractivity contribution in [3.8, 4) is 0 Å². The van der Waals surface area contributed by atoms with E-state index in [1.807, 2.05) is 0 Å². The standard InChI is InChI=1S/C20H25F2N7O3/c1-12-24-18(26-16-7-6-15(21)9-23-16)17(22)19(25-12)27-28-20(31)14(10-29(32)11-30)8-13-4-2-3-5-13/h6-7,9,11,13-14,32H,2-5,8,10H2,1H3,(H,28,31)(H2,23,24,25,26,27)/t14-/m0/s1. The lowest BCUT2D eigenvalue weighted by Crippen LogP contribution is -2.41. The fraction of sp³-hybridized carbons (Fsp3) is 0.450. The molecule has 0 aliphatic heterocycles. The number of hydrogen-bond donors (Lipinski definition) is 4. The van der Waals surface area contributed by atoms with Crippen LogP contribution in [0.2, 0.25) is 0 Å². The summed E-state index contributed by atoms with van der Waals surface area (Å²) in [5, 5.41) is 12.6. The van der Waals surface area contributed by atoms with Gasteiger partial charge in [-0.05, 0) is 31.4 Å². The second-order valence-electron chi connectivity index (χ2n) is 7.69. The summed E-state index contributed by atoms with van der Waals surface area (Å²) < 4.78 is 27.9. The van der Waals surface area contributed by atoms with Crippen LogP contribution in [0.5, 0.6) is 0 Å². The molecule has 3 rings (SSSR count). The van der Waals surface area contributed by atoms with Gasteiger partial charge >= 0.3 is 0 Å². The lowest BCUT2D eigenvalue weighted by Gasteiger charge is -2.22. The summed E-state index contributed by atoms with van der Waals surface area (Å²) in [6.45, 7) is 1.36. The maximum absolute atomic E-state index is 14.9. The Hall–Kier alpha value is -3.41. The van der Waals surface area contributed by atoms with Crippen LogP contribution in [0, 0.1) is 30.4 Å². The van der Waals surface area contributed by atoms with Crippen molar-refractivity contribution in [2.45, 2.75) is 39.0 Å². The van der Waals surface area contributed by atoms with E-state index in [1.165, 1.54) is 13.0 Å². The highest BCUT2D eigenvalue weighted by Gasteiger charge is 2.27. The highest BCUT2D eigenvalue weighted by Crippen LogP contribution is 2.30. The van der Waals surface area contributed by atoms with E-state index in [9.17, 15) is 23.6 Å². The molecular formula is C20H25F2N7O3. The Labute approximate surface area is 183 Å². The van der Waals surface area contributed by atoms with E-state index in [1.54, 1.807) is 0 Å². The van der Waals surface area contributed by atoms with Crippen LogP contribution in [0.1, 0.15) is 37.9 Å². The van der Waals surface area contributed by atoms with Crippen molar-refractivity contribution in [3.63, 3.8) is 0 Å². The van der Waals surface area contributed by atoms with E-state index in [-0.39, 0.29) is 36.2 Å². The van der Waals surface area contributed by atoms with Gasteiger partial charge in [-0.2, -0.15) is 4.39 Å². The molecule has 1 saturated carbocycles. The minimum atomic E-state index is -0.883. The predicted molar refractivity (Wildman–Crippen MR) is 111 cm³/mol. The van der Waals surface area contributed by atoms with Crippen molar-refractivity contribution in [3.05, 3.63) is 35.8 Å². The second-order valence-corrected chi connectivity index (χ2v) is 7.69. The number of hydroxylamine groups is 2. The van der Waals surface area contributed by atoms with Crippen molar-refractivity contribution in [1.29, 1.82) is 0 Å². The fourth-order valence-electron chi connectivity index (χ4n) is 3.70. The van der Waals surface area contributed by atoms with Crippen LogP contribution in [0.25, 0.3) is 0 Å². The van der Waals surface area contributed by atoms with Crippen molar-refractivity contribution < 1.29 is 23.6 Å². The highest BCUT2D eigenvalue weighted by atomic mass is 19.1. The Kier molecular flexibility index (Phi) is 7.82. The second kappa shape index (κ2) is 10.8. The first kappa shape index (κ1) is 23.3. The van der Waals surface area contributed by atoms with Gasteiger partial charge in [0.2, 0.25) is 18.1 Å². The summed E-state index contributed by atoms with van der Waals surface area (Å²) in [6, 6.07) is 2.48. The number of hydrogen-bond acceptors (Lipinski definition) is 8. The molecular weight excluding hydrogens is 424 g/mol. The van der Waals surface area contributed by atoms with Gasteiger partial charge in [0.1, 0.15) is 17.5 Å². The number of hydrazine groups is 1. The topological polar surface area (TPSA) is 132 Å². The largest absolute Gasteiger partial charge is 0.322 e. The molecule has 1 atom stereocenters. The van der Waals surface area contributed by atoms with Gasteiger partial charge in [-0.1, -0.05) is 25.7 Å². The summed E-state index contributed by atoms with van der Waals surface area (Å²) in [4.78, 5) is 35.2. The maximum atomic E-state index is 14.9. The van der Waals surface area contributed by atoms with Gasteiger partial charge in [0.05, 0.1) is 18.7 Å². The zero-order valence-electron chi connectivity index (χ0n) is 17.5. The number of halogens is 2. The van der Waals surface area contributed by atoms with E-state index in [0.29, 0.717) is 17.4 Å². The molecule has 172 valence electrons. The van der Waals surface area contributed by atoms with E-state index >= 15 is 0 Å². The van der Waals surface area contributed by atoms with Gasteiger partial charge < -0.3 is 5.32 Å². The van der Waals surface area contributed by atoms with Crippen LogP contribution in [0.15, 0.2) is 18.3 Å². The molecule has 32 heavy (non-hydrogen) atoms. The number of anilines is 3. The van der Waals surface area contributed by atoms with Gasteiger partial charge in [-0.3, -0.25) is 25.6 Å². The minimum absolute atomic E-state index is 0.173. The summed E-state index contributed by atoms with van der Waals surface area (Å²) in [5.74, 6) is -2.41.